The average molecular weight is 267 g/mol. The van der Waals surface area contributed by atoms with Crippen molar-refractivity contribution >= 4 is 0 Å². The van der Waals surface area contributed by atoms with Gasteiger partial charge in [-0.25, -0.2) is 0 Å². The molecule has 0 radical (unpaired) electrons. The van der Waals surface area contributed by atoms with Crippen LogP contribution in [0, 0.1) is 5.92 Å². The summed E-state index contributed by atoms with van der Waals surface area (Å²) in [4.78, 5) is 5.22. The van der Waals surface area contributed by atoms with Crippen LogP contribution in [0.5, 0.6) is 0 Å². The van der Waals surface area contributed by atoms with Crippen LogP contribution in [0.25, 0.3) is 0 Å². The molecule has 0 aliphatic carbocycles. The molecule has 19 heavy (non-hydrogen) atoms. The number of nitrogens with zero attached hydrogens (tertiary/aromatic N) is 2. The van der Waals surface area contributed by atoms with Crippen LogP contribution >= 0.6 is 0 Å². The van der Waals surface area contributed by atoms with Gasteiger partial charge in [-0.3, -0.25) is 4.90 Å². The fourth-order valence-electron chi connectivity index (χ4n) is 3.93. The Morgan fingerprint density at radius 1 is 1.21 bits per heavy atom. The number of likely N-dealkylation sites (tertiary alicyclic amines) is 1. The predicted octanol–water partition coefficient (Wildman–Crippen LogP) is 2.18. The van der Waals surface area contributed by atoms with Gasteiger partial charge in [-0.1, -0.05) is 20.3 Å². The molecule has 0 aromatic rings. The first kappa shape index (κ1) is 15.3. The molecule has 0 amide bonds. The zero-order valence-corrected chi connectivity index (χ0v) is 13.2. The largest absolute Gasteiger partial charge is 0.313 e. The lowest BCUT2D eigenvalue weighted by molar-refractivity contribution is 0.172. The van der Waals surface area contributed by atoms with Crippen LogP contribution in [0.2, 0.25) is 0 Å². The van der Waals surface area contributed by atoms with Crippen LogP contribution in [-0.4, -0.2) is 61.7 Å². The molecule has 3 unspecified atom stereocenters. The molecule has 3 atom stereocenters. The summed E-state index contributed by atoms with van der Waals surface area (Å²) in [6.45, 7) is 10.9. The molecule has 2 aliphatic heterocycles. The van der Waals surface area contributed by atoms with Crippen molar-refractivity contribution in [3.63, 3.8) is 0 Å². The monoisotopic (exact) mass is 267 g/mol. The molecule has 112 valence electrons. The van der Waals surface area contributed by atoms with Gasteiger partial charge in [0.05, 0.1) is 0 Å². The van der Waals surface area contributed by atoms with E-state index in [9.17, 15) is 0 Å². The minimum absolute atomic E-state index is 0.722. The normalized spacial score (nSPS) is 33.2. The van der Waals surface area contributed by atoms with Crippen LogP contribution < -0.4 is 5.32 Å². The van der Waals surface area contributed by atoms with E-state index in [1.165, 1.54) is 64.8 Å². The number of hydrogen-bond donors (Lipinski definition) is 1. The Labute approximate surface area is 119 Å². The highest BCUT2D eigenvalue weighted by molar-refractivity contribution is 4.84. The van der Waals surface area contributed by atoms with E-state index < -0.39 is 0 Å². The van der Waals surface area contributed by atoms with Crippen LogP contribution in [0.15, 0.2) is 0 Å². The highest BCUT2D eigenvalue weighted by atomic mass is 15.2. The Bertz CT molecular complexity index is 256. The second-order valence-electron chi connectivity index (χ2n) is 6.60. The van der Waals surface area contributed by atoms with Crippen molar-refractivity contribution in [2.24, 2.45) is 5.92 Å². The summed E-state index contributed by atoms with van der Waals surface area (Å²) in [5.41, 5.74) is 0. The number of nitrogens with one attached hydrogen (secondary N) is 1. The van der Waals surface area contributed by atoms with Gasteiger partial charge < -0.3 is 10.2 Å². The molecule has 2 rings (SSSR count). The smallest absolute Gasteiger partial charge is 0.0223 e. The second kappa shape index (κ2) is 7.61. The Balaban J connectivity index is 1.72. The van der Waals surface area contributed by atoms with Gasteiger partial charge in [-0.15, -0.1) is 0 Å². The zero-order valence-electron chi connectivity index (χ0n) is 13.2. The Hall–Kier alpha value is -0.120. The average Bonchev–Trinajstić information content (AvgIpc) is 2.86. The minimum atomic E-state index is 0.722. The minimum Gasteiger partial charge on any atom is -0.313 e. The van der Waals surface area contributed by atoms with Crippen molar-refractivity contribution in [1.29, 1.82) is 0 Å². The van der Waals surface area contributed by atoms with Crippen molar-refractivity contribution in [2.75, 3.05) is 39.8 Å². The van der Waals surface area contributed by atoms with E-state index in [0.29, 0.717) is 0 Å². The first-order valence-electron chi connectivity index (χ1n) is 8.38. The summed E-state index contributed by atoms with van der Waals surface area (Å²) in [5.74, 6) is 0.957. The summed E-state index contributed by atoms with van der Waals surface area (Å²) in [6.07, 6.45) is 6.90. The van der Waals surface area contributed by atoms with E-state index in [4.69, 9.17) is 0 Å². The first-order valence-corrected chi connectivity index (χ1v) is 8.38. The number of piperidine rings is 1. The fraction of sp³-hybridized carbons (Fsp3) is 1.00. The molecule has 0 aromatic carbocycles. The molecule has 2 heterocycles. The van der Waals surface area contributed by atoms with E-state index in [2.05, 4.69) is 36.0 Å². The molecule has 1 N–H and O–H groups in total. The van der Waals surface area contributed by atoms with Crippen LogP contribution in [0.3, 0.4) is 0 Å². The molecule has 0 aromatic heterocycles. The van der Waals surface area contributed by atoms with Crippen molar-refractivity contribution < 1.29 is 0 Å². The van der Waals surface area contributed by atoms with Crippen molar-refractivity contribution in [2.45, 2.75) is 58.0 Å². The molecule has 0 saturated carbocycles. The van der Waals surface area contributed by atoms with E-state index in [1.54, 1.807) is 0 Å². The van der Waals surface area contributed by atoms with Crippen LogP contribution in [0.1, 0.15) is 46.0 Å². The molecule has 3 heteroatoms. The van der Waals surface area contributed by atoms with E-state index in [1.807, 2.05) is 0 Å². The maximum absolute atomic E-state index is 3.71. The summed E-state index contributed by atoms with van der Waals surface area (Å²) < 4.78 is 0. The summed E-state index contributed by atoms with van der Waals surface area (Å²) in [6, 6.07) is 1.53. The van der Waals surface area contributed by atoms with Crippen molar-refractivity contribution in [1.82, 2.24) is 15.1 Å². The lowest BCUT2D eigenvalue weighted by Gasteiger charge is -2.34. The number of rotatable bonds is 6. The van der Waals surface area contributed by atoms with Gasteiger partial charge in [0, 0.05) is 25.2 Å². The molecular formula is C16H33N3. The van der Waals surface area contributed by atoms with Gasteiger partial charge in [0.15, 0.2) is 0 Å². The third kappa shape index (κ3) is 4.44. The first-order chi connectivity index (χ1) is 9.22. The SMILES string of the molecule is CCC1CCNC(CN(C)CC2CCCN2CC)C1. The fourth-order valence-corrected chi connectivity index (χ4v) is 3.93. The summed E-state index contributed by atoms with van der Waals surface area (Å²) in [5, 5.41) is 3.71. The van der Waals surface area contributed by atoms with Gasteiger partial charge in [-0.2, -0.15) is 0 Å². The maximum atomic E-state index is 3.71. The maximum Gasteiger partial charge on any atom is 0.0223 e. The predicted molar refractivity (Wildman–Crippen MR) is 82.6 cm³/mol. The molecule has 2 aliphatic rings. The van der Waals surface area contributed by atoms with Crippen molar-refractivity contribution in [3.8, 4) is 0 Å². The summed E-state index contributed by atoms with van der Waals surface area (Å²) in [7, 11) is 2.31. The Morgan fingerprint density at radius 2 is 2.05 bits per heavy atom. The number of likely N-dealkylation sites (N-methyl/N-ethyl adjacent to an activating group) is 2. The second-order valence-corrected chi connectivity index (χ2v) is 6.60. The van der Waals surface area contributed by atoms with E-state index in [0.717, 1.165) is 18.0 Å². The lowest BCUT2D eigenvalue weighted by atomic mass is 9.90. The van der Waals surface area contributed by atoms with E-state index >= 15 is 0 Å². The standard InChI is InChI=1S/C16H33N3/c1-4-14-8-9-17-15(11-14)12-18(3)13-16-7-6-10-19(16)5-2/h14-17H,4-13H2,1-3H3. The molecule has 0 spiro atoms. The third-order valence-corrected chi connectivity index (χ3v) is 5.14. The Kier molecular flexibility index (Phi) is 6.11. The van der Waals surface area contributed by atoms with Gasteiger partial charge in [0.25, 0.3) is 0 Å². The highest BCUT2D eigenvalue weighted by Gasteiger charge is 2.26. The van der Waals surface area contributed by atoms with Gasteiger partial charge >= 0.3 is 0 Å². The van der Waals surface area contributed by atoms with Gasteiger partial charge in [0.1, 0.15) is 0 Å². The lowest BCUT2D eigenvalue weighted by Crippen LogP contribution is -2.47. The van der Waals surface area contributed by atoms with Crippen LogP contribution in [0.4, 0.5) is 0 Å². The molecule has 0 bridgehead atoms. The molecule has 2 saturated heterocycles. The highest BCUT2D eigenvalue weighted by Crippen LogP contribution is 2.21. The van der Waals surface area contributed by atoms with Gasteiger partial charge in [0.2, 0.25) is 0 Å². The van der Waals surface area contributed by atoms with Gasteiger partial charge in [-0.05, 0) is 58.3 Å². The molecule has 3 nitrogen and oxygen atoms in total. The molecule has 2 fully saturated rings. The molecular weight excluding hydrogens is 234 g/mol. The van der Waals surface area contributed by atoms with Crippen LogP contribution in [-0.2, 0) is 0 Å². The van der Waals surface area contributed by atoms with E-state index in [-0.39, 0.29) is 0 Å². The zero-order chi connectivity index (χ0) is 13.7. The quantitative estimate of drug-likeness (QED) is 0.796. The Morgan fingerprint density at radius 3 is 2.79 bits per heavy atom. The number of hydrogen-bond acceptors (Lipinski definition) is 3. The van der Waals surface area contributed by atoms with Crippen molar-refractivity contribution in [3.05, 3.63) is 0 Å². The third-order valence-electron chi connectivity index (χ3n) is 5.14. The summed E-state index contributed by atoms with van der Waals surface area (Å²) >= 11 is 0. The topological polar surface area (TPSA) is 18.5 Å².